The Labute approximate surface area is 151 Å². The number of carbonyl (C=O) groups excluding carboxylic acids is 1. The Morgan fingerprint density at radius 2 is 1.84 bits per heavy atom. The van der Waals surface area contributed by atoms with Crippen molar-refractivity contribution in [2.24, 2.45) is 0 Å². The molecule has 0 aliphatic rings. The average Bonchev–Trinajstić information content (AvgIpc) is 2.53. The molecule has 0 saturated carbocycles. The number of alkyl halides is 3. The van der Waals surface area contributed by atoms with Crippen LogP contribution in [0.3, 0.4) is 0 Å². The number of rotatable bonds is 5. The fraction of sp³-hybridized carbons (Fsp3) is 0.188. The Kier molecular flexibility index (Phi) is 6.02. The minimum atomic E-state index is -4.50. The maximum absolute atomic E-state index is 12.7. The summed E-state index contributed by atoms with van der Waals surface area (Å²) >= 11 is 11.7. The molecular weight excluding hydrogens is 380 g/mol. The molecule has 134 valence electrons. The topological polar surface area (TPSA) is 50.4 Å². The van der Waals surface area contributed by atoms with Crippen LogP contribution in [0.1, 0.15) is 5.56 Å². The molecule has 9 heteroatoms. The molecule has 0 aliphatic carbocycles. The quantitative estimate of drug-likeness (QED) is 0.746. The minimum absolute atomic E-state index is 0.00435. The maximum atomic E-state index is 12.7. The van der Waals surface area contributed by atoms with Gasteiger partial charge in [-0.2, -0.15) is 13.2 Å². The number of carbonyl (C=O) groups is 1. The van der Waals surface area contributed by atoms with Crippen molar-refractivity contribution >= 4 is 40.5 Å². The zero-order valence-corrected chi connectivity index (χ0v) is 14.4. The number of ether oxygens (including phenoxy) is 1. The van der Waals surface area contributed by atoms with Gasteiger partial charge in [-0.25, -0.2) is 0 Å². The lowest BCUT2D eigenvalue weighted by Crippen LogP contribution is -2.22. The lowest BCUT2D eigenvalue weighted by Gasteiger charge is -2.13. The first-order chi connectivity index (χ1) is 11.7. The van der Waals surface area contributed by atoms with Crippen molar-refractivity contribution in [3.8, 4) is 5.75 Å². The van der Waals surface area contributed by atoms with Gasteiger partial charge in [-0.05, 0) is 36.4 Å². The molecule has 0 aromatic heterocycles. The zero-order chi connectivity index (χ0) is 18.6. The van der Waals surface area contributed by atoms with Crippen molar-refractivity contribution in [3.63, 3.8) is 0 Å². The molecule has 0 atom stereocenters. The van der Waals surface area contributed by atoms with Crippen LogP contribution in [0, 0.1) is 0 Å². The fourth-order valence-corrected chi connectivity index (χ4v) is 2.34. The summed E-state index contributed by atoms with van der Waals surface area (Å²) in [6.07, 6.45) is -4.50. The summed E-state index contributed by atoms with van der Waals surface area (Å²) in [4.78, 5) is 12.0. The second-order valence-corrected chi connectivity index (χ2v) is 5.78. The van der Waals surface area contributed by atoms with Gasteiger partial charge in [0, 0.05) is 5.02 Å². The average molecular weight is 393 g/mol. The summed E-state index contributed by atoms with van der Waals surface area (Å²) < 4.78 is 43.3. The predicted molar refractivity (Wildman–Crippen MR) is 91.6 cm³/mol. The molecule has 0 bridgehead atoms. The SMILES string of the molecule is COc1ccc(Cl)cc1NC(=O)CNc1cc(C(F)(F)F)ccc1Cl. The Morgan fingerprint density at radius 3 is 2.48 bits per heavy atom. The highest BCUT2D eigenvalue weighted by Gasteiger charge is 2.31. The molecule has 2 rings (SSSR count). The summed E-state index contributed by atoms with van der Waals surface area (Å²) in [5.74, 6) is -0.108. The molecule has 25 heavy (non-hydrogen) atoms. The van der Waals surface area contributed by atoms with Crippen molar-refractivity contribution in [2.45, 2.75) is 6.18 Å². The van der Waals surface area contributed by atoms with Crippen molar-refractivity contribution in [2.75, 3.05) is 24.3 Å². The third-order valence-corrected chi connectivity index (χ3v) is 3.73. The van der Waals surface area contributed by atoms with E-state index in [1.165, 1.54) is 13.2 Å². The van der Waals surface area contributed by atoms with Crippen LogP contribution in [0.25, 0.3) is 0 Å². The van der Waals surface area contributed by atoms with E-state index in [2.05, 4.69) is 10.6 Å². The molecule has 0 unspecified atom stereocenters. The first kappa shape index (κ1) is 19.2. The third kappa shape index (κ3) is 5.17. The highest BCUT2D eigenvalue weighted by atomic mass is 35.5. The van der Waals surface area contributed by atoms with Gasteiger partial charge in [-0.3, -0.25) is 4.79 Å². The van der Waals surface area contributed by atoms with Crippen LogP contribution in [0.15, 0.2) is 36.4 Å². The normalized spacial score (nSPS) is 11.1. The molecule has 2 N–H and O–H groups in total. The van der Waals surface area contributed by atoms with E-state index >= 15 is 0 Å². The van der Waals surface area contributed by atoms with Gasteiger partial charge >= 0.3 is 6.18 Å². The van der Waals surface area contributed by atoms with Crippen LogP contribution in [0.2, 0.25) is 10.0 Å². The molecular formula is C16H13Cl2F3N2O2. The summed E-state index contributed by atoms with van der Waals surface area (Å²) in [6.45, 7) is -0.295. The van der Waals surface area contributed by atoms with E-state index in [1.807, 2.05) is 0 Å². The number of hydrogen-bond donors (Lipinski definition) is 2. The summed E-state index contributed by atoms with van der Waals surface area (Å²) in [7, 11) is 1.43. The molecule has 0 spiro atoms. The van der Waals surface area contributed by atoms with E-state index in [-0.39, 0.29) is 17.3 Å². The number of nitrogens with one attached hydrogen (secondary N) is 2. The highest BCUT2D eigenvalue weighted by molar-refractivity contribution is 6.33. The first-order valence-electron chi connectivity index (χ1n) is 6.94. The van der Waals surface area contributed by atoms with Gasteiger partial charge in [-0.15, -0.1) is 0 Å². The van der Waals surface area contributed by atoms with E-state index in [4.69, 9.17) is 27.9 Å². The number of anilines is 2. The maximum Gasteiger partial charge on any atom is 0.416 e. The Bertz CT molecular complexity index is 782. The largest absolute Gasteiger partial charge is 0.495 e. The number of hydrogen-bond acceptors (Lipinski definition) is 3. The minimum Gasteiger partial charge on any atom is -0.495 e. The van der Waals surface area contributed by atoms with Gasteiger partial charge in [0.2, 0.25) is 5.91 Å². The molecule has 0 heterocycles. The first-order valence-corrected chi connectivity index (χ1v) is 7.70. The Balaban J connectivity index is 2.07. The van der Waals surface area contributed by atoms with E-state index < -0.39 is 17.6 Å². The molecule has 2 aromatic carbocycles. The summed E-state index contributed by atoms with van der Waals surface area (Å²) in [5.41, 5.74) is -0.516. The molecule has 0 aliphatic heterocycles. The van der Waals surface area contributed by atoms with E-state index in [0.717, 1.165) is 18.2 Å². The van der Waals surface area contributed by atoms with Crippen LogP contribution in [0.5, 0.6) is 5.75 Å². The fourth-order valence-electron chi connectivity index (χ4n) is 1.98. The Hall–Kier alpha value is -2.12. The monoisotopic (exact) mass is 392 g/mol. The van der Waals surface area contributed by atoms with Crippen molar-refractivity contribution < 1.29 is 22.7 Å². The highest BCUT2D eigenvalue weighted by Crippen LogP contribution is 2.33. The van der Waals surface area contributed by atoms with Gasteiger partial charge in [0.1, 0.15) is 5.75 Å². The van der Waals surface area contributed by atoms with Crippen LogP contribution < -0.4 is 15.4 Å². The van der Waals surface area contributed by atoms with E-state index in [9.17, 15) is 18.0 Å². The Morgan fingerprint density at radius 1 is 1.12 bits per heavy atom. The standard InChI is InChI=1S/C16H13Cl2F3N2O2/c1-25-14-5-3-10(17)7-13(14)23-15(24)8-22-12-6-9(16(19,20)21)2-4-11(12)18/h2-7,22H,8H2,1H3,(H,23,24). The van der Waals surface area contributed by atoms with E-state index in [0.29, 0.717) is 16.5 Å². The second-order valence-electron chi connectivity index (χ2n) is 4.94. The second kappa shape index (κ2) is 7.84. The van der Waals surface area contributed by atoms with Crippen LogP contribution in [0.4, 0.5) is 24.5 Å². The van der Waals surface area contributed by atoms with Gasteiger partial charge < -0.3 is 15.4 Å². The van der Waals surface area contributed by atoms with Gasteiger partial charge in [0.05, 0.1) is 35.6 Å². The van der Waals surface area contributed by atoms with Gasteiger partial charge in [0.15, 0.2) is 0 Å². The van der Waals surface area contributed by atoms with Crippen LogP contribution in [-0.4, -0.2) is 19.6 Å². The summed E-state index contributed by atoms with van der Waals surface area (Å²) in [6, 6.07) is 7.49. The van der Waals surface area contributed by atoms with E-state index in [1.54, 1.807) is 12.1 Å². The lowest BCUT2D eigenvalue weighted by molar-refractivity contribution is -0.137. The van der Waals surface area contributed by atoms with Gasteiger partial charge in [0.25, 0.3) is 0 Å². The molecule has 2 aromatic rings. The summed E-state index contributed by atoms with van der Waals surface area (Å²) in [5, 5.41) is 5.60. The zero-order valence-electron chi connectivity index (χ0n) is 12.9. The van der Waals surface area contributed by atoms with Crippen molar-refractivity contribution in [1.29, 1.82) is 0 Å². The number of halogens is 5. The smallest absolute Gasteiger partial charge is 0.416 e. The van der Waals surface area contributed by atoms with Crippen molar-refractivity contribution in [1.82, 2.24) is 0 Å². The van der Waals surface area contributed by atoms with Crippen molar-refractivity contribution in [3.05, 3.63) is 52.0 Å². The molecule has 1 amide bonds. The van der Waals surface area contributed by atoms with Crippen LogP contribution >= 0.6 is 23.2 Å². The van der Waals surface area contributed by atoms with Crippen LogP contribution in [-0.2, 0) is 11.0 Å². The third-order valence-electron chi connectivity index (χ3n) is 3.17. The lowest BCUT2D eigenvalue weighted by atomic mass is 10.2. The number of amides is 1. The molecule has 0 saturated heterocycles. The molecule has 0 radical (unpaired) electrons. The number of benzene rings is 2. The number of methoxy groups -OCH3 is 1. The molecule has 4 nitrogen and oxygen atoms in total. The predicted octanol–water partition coefficient (Wildman–Crippen LogP) is 5.07. The molecule has 0 fully saturated rings. The van der Waals surface area contributed by atoms with Gasteiger partial charge in [-0.1, -0.05) is 23.2 Å².